The van der Waals surface area contributed by atoms with E-state index >= 15 is 0 Å². The van der Waals surface area contributed by atoms with Gasteiger partial charge in [-0.3, -0.25) is 0 Å². The zero-order valence-corrected chi connectivity index (χ0v) is 9.07. The summed E-state index contributed by atoms with van der Waals surface area (Å²) in [6.07, 6.45) is 2.84. The number of rotatable bonds is 3. The molecule has 0 amide bonds. The van der Waals surface area contributed by atoms with Gasteiger partial charge in [0.1, 0.15) is 0 Å². The van der Waals surface area contributed by atoms with Crippen molar-refractivity contribution in [2.45, 2.75) is 13.3 Å². The first kappa shape index (κ1) is 10.6. The lowest BCUT2D eigenvalue weighted by Crippen LogP contribution is -1.95. The lowest BCUT2D eigenvalue weighted by atomic mass is 10.0. The molecule has 0 aliphatic heterocycles. The van der Waals surface area contributed by atoms with E-state index in [2.05, 4.69) is 13.5 Å². The van der Waals surface area contributed by atoms with Crippen LogP contribution in [-0.2, 0) is 6.42 Å². The van der Waals surface area contributed by atoms with Crippen molar-refractivity contribution < 1.29 is 0 Å². The van der Waals surface area contributed by atoms with E-state index in [0.717, 1.165) is 17.0 Å². The maximum Gasteiger partial charge on any atom is 0.0453 e. The molecule has 1 aromatic rings. The van der Waals surface area contributed by atoms with Crippen LogP contribution in [-0.4, -0.2) is 0 Å². The van der Waals surface area contributed by atoms with Crippen molar-refractivity contribution in [3.63, 3.8) is 0 Å². The highest BCUT2D eigenvalue weighted by molar-refractivity contribution is 6.35. The molecule has 70 valence electrons. The fraction of sp³-hybridized carbons (Fsp3) is 0.273. The van der Waals surface area contributed by atoms with E-state index in [4.69, 9.17) is 23.2 Å². The third-order valence-corrected chi connectivity index (χ3v) is 2.55. The van der Waals surface area contributed by atoms with E-state index in [1.165, 1.54) is 0 Å². The summed E-state index contributed by atoms with van der Waals surface area (Å²) in [5.41, 5.74) is 1.12. The first-order valence-electron chi connectivity index (χ1n) is 4.20. The Balaban J connectivity index is 2.83. The molecule has 0 aliphatic rings. The average molecular weight is 215 g/mol. The summed E-state index contributed by atoms with van der Waals surface area (Å²) in [4.78, 5) is 0. The van der Waals surface area contributed by atoms with Crippen molar-refractivity contribution in [1.82, 2.24) is 0 Å². The van der Waals surface area contributed by atoms with Gasteiger partial charge in [-0.25, -0.2) is 0 Å². The summed E-state index contributed by atoms with van der Waals surface area (Å²) in [6, 6.07) is 5.59. The second-order valence-electron chi connectivity index (χ2n) is 3.15. The van der Waals surface area contributed by atoms with Gasteiger partial charge in [0.2, 0.25) is 0 Å². The number of benzene rings is 1. The van der Waals surface area contributed by atoms with Crippen LogP contribution < -0.4 is 0 Å². The van der Waals surface area contributed by atoms with E-state index in [1.807, 2.05) is 18.2 Å². The summed E-state index contributed by atoms with van der Waals surface area (Å²) < 4.78 is 0. The molecule has 0 N–H and O–H groups in total. The van der Waals surface area contributed by atoms with E-state index in [9.17, 15) is 0 Å². The van der Waals surface area contributed by atoms with Gasteiger partial charge in [0.25, 0.3) is 0 Å². The molecular formula is C11H12Cl2. The van der Waals surface area contributed by atoms with Gasteiger partial charge in [-0.2, -0.15) is 0 Å². The molecule has 13 heavy (non-hydrogen) atoms. The van der Waals surface area contributed by atoms with Gasteiger partial charge in [-0.15, -0.1) is 6.58 Å². The monoisotopic (exact) mass is 214 g/mol. The smallest absolute Gasteiger partial charge is 0.0453 e. The van der Waals surface area contributed by atoms with Crippen molar-refractivity contribution in [1.29, 1.82) is 0 Å². The van der Waals surface area contributed by atoms with Crippen LogP contribution in [0.1, 0.15) is 12.5 Å². The number of hydrogen-bond donors (Lipinski definition) is 0. The minimum atomic E-state index is 0.443. The summed E-state index contributed by atoms with van der Waals surface area (Å²) >= 11 is 11.8. The summed E-state index contributed by atoms with van der Waals surface area (Å²) in [6.45, 7) is 5.84. The molecule has 2 heteroatoms. The molecule has 0 heterocycles. The van der Waals surface area contributed by atoms with Crippen LogP contribution in [0.4, 0.5) is 0 Å². The molecule has 0 aromatic heterocycles. The molecule has 0 spiro atoms. The fourth-order valence-electron chi connectivity index (χ4n) is 1.12. The van der Waals surface area contributed by atoms with E-state index in [1.54, 1.807) is 6.07 Å². The zero-order valence-electron chi connectivity index (χ0n) is 7.56. The zero-order chi connectivity index (χ0) is 9.84. The van der Waals surface area contributed by atoms with Crippen molar-refractivity contribution in [2.75, 3.05) is 0 Å². The fourth-order valence-corrected chi connectivity index (χ4v) is 1.60. The predicted molar refractivity (Wildman–Crippen MR) is 59.5 cm³/mol. The predicted octanol–water partition coefficient (Wildman–Crippen LogP) is 4.36. The molecule has 1 aromatic carbocycles. The molecule has 0 bridgehead atoms. The molecule has 0 saturated carbocycles. The maximum atomic E-state index is 6.01. The molecular weight excluding hydrogens is 203 g/mol. The Labute approximate surface area is 89.2 Å². The van der Waals surface area contributed by atoms with Gasteiger partial charge in [0, 0.05) is 10.0 Å². The van der Waals surface area contributed by atoms with Crippen LogP contribution >= 0.6 is 23.2 Å². The molecule has 0 nitrogen and oxygen atoms in total. The minimum absolute atomic E-state index is 0.443. The number of allylic oxidation sites excluding steroid dienone is 1. The molecule has 1 atom stereocenters. The first-order valence-corrected chi connectivity index (χ1v) is 4.95. The lowest BCUT2D eigenvalue weighted by Gasteiger charge is -2.07. The van der Waals surface area contributed by atoms with Crippen molar-refractivity contribution in [2.24, 2.45) is 5.92 Å². The molecule has 0 radical (unpaired) electrons. The second kappa shape index (κ2) is 4.69. The Morgan fingerprint density at radius 1 is 1.46 bits per heavy atom. The lowest BCUT2D eigenvalue weighted by molar-refractivity contribution is 0.726. The van der Waals surface area contributed by atoms with Crippen LogP contribution in [0.15, 0.2) is 30.9 Å². The molecule has 1 unspecified atom stereocenters. The topological polar surface area (TPSA) is 0 Å². The first-order chi connectivity index (χ1) is 6.13. The molecule has 0 saturated heterocycles. The third kappa shape index (κ3) is 3.06. The minimum Gasteiger partial charge on any atom is -0.103 e. The highest BCUT2D eigenvalue weighted by atomic mass is 35.5. The number of hydrogen-bond acceptors (Lipinski definition) is 0. The Morgan fingerprint density at radius 3 is 2.69 bits per heavy atom. The summed E-state index contributed by atoms with van der Waals surface area (Å²) in [5, 5.41) is 1.42. The van der Waals surface area contributed by atoms with Gasteiger partial charge >= 0.3 is 0 Å². The van der Waals surface area contributed by atoms with Crippen molar-refractivity contribution >= 4 is 23.2 Å². The normalized spacial score (nSPS) is 12.5. The van der Waals surface area contributed by atoms with Crippen LogP contribution in [0.2, 0.25) is 10.0 Å². The quantitative estimate of drug-likeness (QED) is 0.657. The standard InChI is InChI=1S/C11H12Cl2/c1-3-8(2)6-9-4-5-10(12)7-11(9)13/h3-5,7-8H,1,6H2,2H3. The highest BCUT2D eigenvalue weighted by Crippen LogP contribution is 2.23. The van der Waals surface area contributed by atoms with Crippen LogP contribution in [0, 0.1) is 5.92 Å². The summed E-state index contributed by atoms with van der Waals surface area (Å²) in [7, 11) is 0. The van der Waals surface area contributed by atoms with Gasteiger partial charge < -0.3 is 0 Å². The van der Waals surface area contributed by atoms with E-state index in [0.29, 0.717) is 10.9 Å². The second-order valence-corrected chi connectivity index (χ2v) is 4.00. The van der Waals surface area contributed by atoms with Gasteiger partial charge in [0.05, 0.1) is 0 Å². The van der Waals surface area contributed by atoms with E-state index in [-0.39, 0.29) is 0 Å². The van der Waals surface area contributed by atoms with Crippen LogP contribution in [0.3, 0.4) is 0 Å². The maximum absolute atomic E-state index is 6.01. The largest absolute Gasteiger partial charge is 0.103 e. The van der Waals surface area contributed by atoms with Gasteiger partial charge in [0.15, 0.2) is 0 Å². The van der Waals surface area contributed by atoms with Crippen LogP contribution in [0.25, 0.3) is 0 Å². The van der Waals surface area contributed by atoms with Crippen molar-refractivity contribution in [3.8, 4) is 0 Å². The van der Waals surface area contributed by atoms with Crippen LogP contribution in [0.5, 0.6) is 0 Å². The van der Waals surface area contributed by atoms with Crippen molar-refractivity contribution in [3.05, 3.63) is 46.5 Å². The Morgan fingerprint density at radius 2 is 2.15 bits per heavy atom. The van der Waals surface area contributed by atoms with Gasteiger partial charge in [-0.1, -0.05) is 42.3 Å². The molecule has 0 aliphatic carbocycles. The highest BCUT2D eigenvalue weighted by Gasteiger charge is 2.04. The number of halogens is 2. The summed E-state index contributed by atoms with van der Waals surface area (Å²) in [5.74, 6) is 0.443. The Hall–Kier alpha value is -0.460. The van der Waals surface area contributed by atoms with E-state index < -0.39 is 0 Å². The SMILES string of the molecule is C=CC(C)Cc1ccc(Cl)cc1Cl. The molecule has 1 rings (SSSR count). The molecule has 0 fully saturated rings. The Kier molecular flexibility index (Phi) is 3.83. The van der Waals surface area contributed by atoms with Gasteiger partial charge in [-0.05, 0) is 30.0 Å². The average Bonchev–Trinajstić information content (AvgIpc) is 2.09. The third-order valence-electron chi connectivity index (χ3n) is 1.96. The Bertz CT molecular complexity index is 305.